The summed E-state index contributed by atoms with van der Waals surface area (Å²) in [6.07, 6.45) is -4.05. The number of guanidine groups is 2. The Hall–Kier alpha value is -7.20. The third-order valence-corrected chi connectivity index (χ3v) is 12.0. The Morgan fingerprint density at radius 3 is 1.30 bits per heavy atom. The van der Waals surface area contributed by atoms with Crippen LogP contribution < -0.4 is 55.7 Å². The van der Waals surface area contributed by atoms with E-state index in [2.05, 4.69) is 31.3 Å². The largest absolute Gasteiger partial charge is 0.481 e. The number of hydrogen-bond donors (Lipinski definition) is 13. The zero-order chi connectivity index (χ0) is 56.7. The normalized spacial score (nSPS) is 14.1. The number of hydrogen-bond acceptors (Lipinski definition) is 16. The van der Waals surface area contributed by atoms with Crippen LogP contribution >= 0.6 is 11.8 Å². The Balaban J connectivity index is 6.92. The van der Waals surface area contributed by atoms with Crippen LogP contribution in [0.15, 0.2) is 9.98 Å². The van der Waals surface area contributed by atoms with E-state index in [1.807, 2.05) is 0 Å². The van der Waals surface area contributed by atoms with Gasteiger partial charge in [0.05, 0.1) is 36.5 Å². The van der Waals surface area contributed by atoms with Crippen molar-refractivity contribution in [1.29, 1.82) is 0 Å². The van der Waals surface area contributed by atoms with Crippen LogP contribution in [-0.2, 0) is 62.3 Å². The molecule has 29 heteroatoms. The number of ketones is 4. The Bertz CT molecular complexity index is 2060. The van der Waals surface area contributed by atoms with Crippen molar-refractivity contribution in [2.75, 3.05) is 25.1 Å². The Kier molecular flexibility index (Phi) is 32.4. The molecular formula is C45H74N12O16S. The lowest BCUT2D eigenvalue weighted by molar-refractivity contribution is -0.141. The number of Topliss-reactive ketones (excluding diaryl/α,β-unsaturated/α-hetero) is 4. The molecule has 0 spiro atoms. The molecule has 6 amide bonds. The molecule has 0 aliphatic rings. The first kappa shape index (κ1) is 66.8. The van der Waals surface area contributed by atoms with Crippen LogP contribution in [0.1, 0.15) is 117 Å². The summed E-state index contributed by atoms with van der Waals surface area (Å²) in [6.45, 7) is 2.37. The molecule has 8 atom stereocenters. The number of rotatable bonds is 42. The SMILES string of the molecule is CSCCC(NC(=O)C(CCC(=O)O)CC(=O)C(CCC(=O)O)NC(C)=O)C(=O)CC(CCC(N)=O)C(=O)NC(CCCN=C(N)N)C(=O)CC(CCCN=C(N)N)C(=O)NC(C)C(=O)CC(CC(=O)O)C(N)=O. The van der Waals surface area contributed by atoms with Gasteiger partial charge in [0.1, 0.15) is 0 Å². The van der Waals surface area contributed by atoms with Gasteiger partial charge in [-0.05, 0) is 70.3 Å². The third kappa shape index (κ3) is 30.0. The fourth-order valence-corrected chi connectivity index (χ4v) is 7.85. The zero-order valence-electron chi connectivity index (χ0n) is 42.0. The first-order valence-electron chi connectivity index (χ1n) is 23.7. The second-order valence-electron chi connectivity index (χ2n) is 17.6. The first-order valence-corrected chi connectivity index (χ1v) is 25.1. The average molecular weight is 1070 g/mol. The van der Waals surface area contributed by atoms with Gasteiger partial charge in [0, 0.05) is 82.7 Å². The summed E-state index contributed by atoms with van der Waals surface area (Å²) in [4.78, 5) is 174. The standard InChI is InChI=1S/C45H74N12O16S/c1-23(32(59)21-28(40(47)70)22-39(68)69)54-41(71)25(6-4-15-52-44(48)49)18-33(60)29(7-5-16-53-45(50)51)56-42(72)26(8-11-36(46)63)19-35(62)31(14-17-74-3)57-43(73)27(9-12-37(64)65)20-34(61)30(55-24(2)58)10-13-38(66)67/h23,25-31H,4-22H2,1-3H3,(H2,46,63)(H2,47,70)(H,54,71)(H,55,58)(H,56,72)(H,57,73)(H,64,65)(H,66,67)(H,68,69)(H4,48,49,52)(H4,50,51,53). The number of aliphatic carboxylic acids is 3. The van der Waals surface area contributed by atoms with Crippen LogP contribution in [0.3, 0.4) is 0 Å². The number of nitrogens with zero attached hydrogens (tertiary/aromatic N) is 2. The van der Waals surface area contributed by atoms with Gasteiger partial charge in [-0.1, -0.05) is 0 Å². The van der Waals surface area contributed by atoms with Gasteiger partial charge in [-0.25, -0.2) is 0 Å². The van der Waals surface area contributed by atoms with Gasteiger partial charge in [-0.3, -0.25) is 72.3 Å². The lowest BCUT2D eigenvalue weighted by Crippen LogP contribution is -2.48. The molecule has 0 saturated carbocycles. The summed E-state index contributed by atoms with van der Waals surface area (Å²) in [5.74, 6) is -17.7. The molecule has 0 aromatic carbocycles. The Morgan fingerprint density at radius 2 is 0.878 bits per heavy atom. The highest BCUT2D eigenvalue weighted by Crippen LogP contribution is 2.22. The number of aliphatic imine (C=N–C) groups is 2. The number of nitrogens with two attached hydrogens (primary N) is 6. The van der Waals surface area contributed by atoms with E-state index in [-0.39, 0.29) is 75.7 Å². The number of carbonyl (C=O) groups is 13. The zero-order valence-corrected chi connectivity index (χ0v) is 42.8. The van der Waals surface area contributed by atoms with Crippen molar-refractivity contribution >= 4 is 100 Å². The molecular weight excluding hydrogens is 997 g/mol. The van der Waals surface area contributed by atoms with Crippen molar-refractivity contribution in [3.05, 3.63) is 0 Å². The molecule has 0 aliphatic heterocycles. The van der Waals surface area contributed by atoms with E-state index in [9.17, 15) is 67.4 Å². The summed E-state index contributed by atoms with van der Waals surface area (Å²) in [5, 5.41) is 37.7. The van der Waals surface area contributed by atoms with Crippen LogP contribution in [0.2, 0.25) is 0 Å². The number of thioether (sulfide) groups is 1. The van der Waals surface area contributed by atoms with E-state index in [4.69, 9.17) is 44.6 Å². The highest BCUT2D eigenvalue weighted by molar-refractivity contribution is 7.98. The molecule has 0 aromatic rings. The van der Waals surface area contributed by atoms with Crippen LogP contribution in [0, 0.1) is 23.7 Å². The molecule has 0 heterocycles. The van der Waals surface area contributed by atoms with E-state index in [0.717, 1.165) is 6.92 Å². The van der Waals surface area contributed by atoms with Crippen LogP contribution in [0.4, 0.5) is 0 Å². The number of amides is 6. The molecule has 19 N–H and O–H groups in total. The number of carbonyl (C=O) groups excluding carboxylic acids is 10. The minimum Gasteiger partial charge on any atom is -0.481 e. The molecule has 8 unspecified atom stereocenters. The highest BCUT2D eigenvalue weighted by Gasteiger charge is 2.35. The molecule has 0 aromatic heterocycles. The summed E-state index contributed by atoms with van der Waals surface area (Å²) >= 11 is 1.29. The summed E-state index contributed by atoms with van der Waals surface area (Å²) in [7, 11) is 0. The molecule has 0 saturated heterocycles. The number of carboxylic acid groups (broad SMARTS) is 3. The molecule has 0 aliphatic carbocycles. The molecule has 416 valence electrons. The van der Waals surface area contributed by atoms with Gasteiger partial charge in [-0.2, -0.15) is 11.8 Å². The number of primary amides is 2. The molecule has 0 rings (SSSR count). The lowest BCUT2D eigenvalue weighted by atomic mass is 9.89. The smallest absolute Gasteiger partial charge is 0.304 e. The van der Waals surface area contributed by atoms with Gasteiger partial charge < -0.3 is 71.0 Å². The molecule has 28 nitrogen and oxygen atoms in total. The number of nitrogens with one attached hydrogen (secondary N) is 4. The van der Waals surface area contributed by atoms with E-state index in [0.29, 0.717) is 0 Å². The fraction of sp³-hybridized carbons (Fsp3) is 0.667. The fourth-order valence-electron chi connectivity index (χ4n) is 7.38. The van der Waals surface area contributed by atoms with Crippen molar-refractivity contribution in [2.24, 2.45) is 68.1 Å². The molecule has 0 bridgehead atoms. The molecule has 74 heavy (non-hydrogen) atoms. The second kappa shape index (κ2) is 35.8. The van der Waals surface area contributed by atoms with Gasteiger partial charge in [-0.15, -0.1) is 0 Å². The third-order valence-electron chi connectivity index (χ3n) is 11.4. The van der Waals surface area contributed by atoms with E-state index in [1.54, 1.807) is 6.26 Å². The van der Waals surface area contributed by atoms with Crippen molar-refractivity contribution in [3.63, 3.8) is 0 Å². The number of carboxylic acids is 3. The quantitative estimate of drug-likeness (QED) is 0.0165. The summed E-state index contributed by atoms with van der Waals surface area (Å²) in [5.41, 5.74) is 32.5. The van der Waals surface area contributed by atoms with Crippen LogP contribution in [0.5, 0.6) is 0 Å². The maximum atomic E-state index is 14.2. The monoisotopic (exact) mass is 1070 g/mol. The Labute approximate surface area is 431 Å². The molecule has 0 radical (unpaired) electrons. The van der Waals surface area contributed by atoms with E-state index >= 15 is 0 Å². The first-order chi connectivity index (χ1) is 34.6. The maximum Gasteiger partial charge on any atom is 0.304 e. The molecule has 0 fully saturated rings. The minimum atomic E-state index is -1.39. The highest BCUT2D eigenvalue weighted by atomic mass is 32.2. The summed E-state index contributed by atoms with van der Waals surface area (Å²) < 4.78 is 0. The van der Waals surface area contributed by atoms with Gasteiger partial charge in [0.2, 0.25) is 35.4 Å². The Morgan fingerprint density at radius 1 is 0.473 bits per heavy atom. The average Bonchev–Trinajstić information content (AvgIpc) is 3.29. The van der Waals surface area contributed by atoms with Crippen molar-refractivity contribution in [1.82, 2.24) is 21.3 Å². The van der Waals surface area contributed by atoms with Gasteiger partial charge in [0.15, 0.2) is 35.1 Å². The predicted octanol–water partition coefficient (Wildman–Crippen LogP) is -2.92. The minimum absolute atomic E-state index is 0.0195. The van der Waals surface area contributed by atoms with Crippen LogP contribution in [-0.4, -0.2) is 153 Å². The lowest BCUT2D eigenvalue weighted by Gasteiger charge is -2.26. The predicted molar refractivity (Wildman–Crippen MR) is 268 cm³/mol. The topological polar surface area (TPSA) is 512 Å². The van der Waals surface area contributed by atoms with Crippen molar-refractivity contribution < 1.29 is 77.6 Å². The second-order valence-corrected chi connectivity index (χ2v) is 18.6. The van der Waals surface area contributed by atoms with Crippen molar-refractivity contribution in [2.45, 2.75) is 141 Å². The van der Waals surface area contributed by atoms with E-state index in [1.165, 1.54) is 18.7 Å². The van der Waals surface area contributed by atoms with Crippen LogP contribution in [0.25, 0.3) is 0 Å². The summed E-state index contributed by atoms with van der Waals surface area (Å²) in [6, 6.07) is -5.35. The van der Waals surface area contributed by atoms with Gasteiger partial charge >= 0.3 is 17.9 Å². The maximum absolute atomic E-state index is 14.2. The van der Waals surface area contributed by atoms with E-state index < -0.39 is 182 Å². The van der Waals surface area contributed by atoms with Gasteiger partial charge in [0.25, 0.3) is 0 Å². The van der Waals surface area contributed by atoms with Crippen molar-refractivity contribution in [3.8, 4) is 0 Å².